The van der Waals surface area contributed by atoms with Gasteiger partial charge in [-0.05, 0) is 27.2 Å². The van der Waals surface area contributed by atoms with Crippen LogP contribution in [0, 0.1) is 0 Å². The standard InChI is InChI=1S/C14H27N3/c1-7-14(5,6)16-10-12(4)17-9-8-15-13(17)11(2)3/h8-9,11-12,16H,7,10H2,1-6H3. The second-order valence-electron chi connectivity index (χ2n) is 5.81. The zero-order chi connectivity index (χ0) is 13.1. The van der Waals surface area contributed by atoms with E-state index >= 15 is 0 Å². The fraction of sp³-hybridized carbons (Fsp3) is 0.786. The predicted octanol–water partition coefficient (Wildman–Crippen LogP) is 3.35. The Hall–Kier alpha value is -0.830. The van der Waals surface area contributed by atoms with Crippen LogP contribution in [0.25, 0.3) is 0 Å². The first-order valence-corrected chi connectivity index (χ1v) is 6.65. The Morgan fingerprint density at radius 3 is 2.53 bits per heavy atom. The second-order valence-corrected chi connectivity index (χ2v) is 5.81. The molecule has 1 atom stereocenters. The van der Waals surface area contributed by atoms with Crippen molar-refractivity contribution in [1.82, 2.24) is 14.9 Å². The minimum atomic E-state index is 0.215. The van der Waals surface area contributed by atoms with E-state index in [1.807, 2.05) is 6.20 Å². The van der Waals surface area contributed by atoms with Crippen LogP contribution in [-0.2, 0) is 0 Å². The molecular formula is C14H27N3. The molecule has 0 fully saturated rings. The number of nitrogens with one attached hydrogen (secondary N) is 1. The lowest BCUT2D eigenvalue weighted by molar-refractivity contribution is 0.340. The summed E-state index contributed by atoms with van der Waals surface area (Å²) in [5.74, 6) is 1.65. The maximum absolute atomic E-state index is 4.44. The van der Waals surface area contributed by atoms with Gasteiger partial charge in [-0.15, -0.1) is 0 Å². The van der Waals surface area contributed by atoms with Gasteiger partial charge < -0.3 is 9.88 Å². The fourth-order valence-corrected chi connectivity index (χ4v) is 1.79. The first-order valence-electron chi connectivity index (χ1n) is 6.65. The normalized spacial score (nSPS) is 14.3. The highest BCUT2D eigenvalue weighted by atomic mass is 15.1. The van der Waals surface area contributed by atoms with Crippen LogP contribution in [-0.4, -0.2) is 21.6 Å². The van der Waals surface area contributed by atoms with Crippen LogP contribution in [0.5, 0.6) is 0 Å². The van der Waals surface area contributed by atoms with Crippen LogP contribution in [0.2, 0.25) is 0 Å². The van der Waals surface area contributed by atoms with Crippen LogP contribution in [0.15, 0.2) is 12.4 Å². The van der Waals surface area contributed by atoms with E-state index in [1.54, 1.807) is 0 Å². The van der Waals surface area contributed by atoms with Gasteiger partial charge in [0.1, 0.15) is 5.82 Å². The molecule has 0 amide bonds. The van der Waals surface area contributed by atoms with E-state index < -0.39 is 0 Å². The van der Waals surface area contributed by atoms with Crippen molar-refractivity contribution < 1.29 is 0 Å². The molecule has 0 aliphatic rings. The molecule has 3 nitrogen and oxygen atoms in total. The van der Waals surface area contributed by atoms with Crippen LogP contribution in [0.1, 0.15) is 65.7 Å². The molecule has 1 aromatic heterocycles. The minimum Gasteiger partial charge on any atom is -0.331 e. The molecule has 0 radical (unpaired) electrons. The molecular weight excluding hydrogens is 210 g/mol. The van der Waals surface area contributed by atoms with Crippen molar-refractivity contribution in [2.24, 2.45) is 0 Å². The molecule has 0 aliphatic heterocycles. The van der Waals surface area contributed by atoms with E-state index in [4.69, 9.17) is 0 Å². The van der Waals surface area contributed by atoms with Crippen molar-refractivity contribution in [2.45, 2.75) is 65.5 Å². The van der Waals surface area contributed by atoms with Crippen molar-refractivity contribution in [3.05, 3.63) is 18.2 Å². The summed E-state index contributed by atoms with van der Waals surface area (Å²) in [5.41, 5.74) is 0.215. The van der Waals surface area contributed by atoms with Gasteiger partial charge in [0.2, 0.25) is 0 Å². The lowest BCUT2D eigenvalue weighted by Gasteiger charge is -2.28. The third kappa shape index (κ3) is 3.84. The summed E-state index contributed by atoms with van der Waals surface area (Å²) >= 11 is 0. The van der Waals surface area contributed by atoms with Crippen LogP contribution in [0.3, 0.4) is 0 Å². The largest absolute Gasteiger partial charge is 0.331 e. The van der Waals surface area contributed by atoms with E-state index in [1.165, 1.54) is 5.82 Å². The number of nitrogens with zero attached hydrogens (tertiary/aromatic N) is 2. The third-order valence-electron chi connectivity index (χ3n) is 3.45. The zero-order valence-corrected chi connectivity index (χ0v) is 12.1. The van der Waals surface area contributed by atoms with Crippen molar-refractivity contribution in [2.75, 3.05) is 6.54 Å². The highest BCUT2D eigenvalue weighted by Gasteiger charge is 2.17. The summed E-state index contributed by atoms with van der Waals surface area (Å²) < 4.78 is 2.28. The lowest BCUT2D eigenvalue weighted by Crippen LogP contribution is -2.41. The highest BCUT2D eigenvalue weighted by molar-refractivity contribution is 5.00. The molecule has 1 aromatic rings. The SMILES string of the molecule is CCC(C)(C)NCC(C)n1ccnc1C(C)C. The number of hydrogen-bond donors (Lipinski definition) is 1. The molecule has 1 heterocycles. The molecule has 3 heteroatoms. The maximum Gasteiger partial charge on any atom is 0.111 e. The molecule has 0 saturated heterocycles. The Kier molecular flexibility index (Phi) is 4.75. The summed E-state index contributed by atoms with van der Waals surface area (Å²) in [6.07, 6.45) is 5.12. The molecule has 1 rings (SSSR count). The van der Waals surface area contributed by atoms with Gasteiger partial charge in [0, 0.05) is 36.4 Å². The Morgan fingerprint density at radius 1 is 1.35 bits per heavy atom. The van der Waals surface area contributed by atoms with Gasteiger partial charge in [0.05, 0.1) is 0 Å². The molecule has 17 heavy (non-hydrogen) atoms. The molecule has 0 saturated carbocycles. The number of hydrogen-bond acceptors (Lipinski definition) is 2. The van der Waals surface area contributed by atoms with Gasteiger partial charge in [0.25, 0.3) is 0 Å². The average Bonchev–Trinajstić information content (AvgIpc) is 2.75. The van der Waals surface area contributed by atoms with Gasteiger partial charge in [-0.3, -0.25) is 0 Å². The van der Waals surface area contributed by atoms with Gasteiger partial charge in [-0.2, -0.15) is 0 Å². The lowest BCUT2D eigenvalue weighted by atomic mass is 10.0. The van der Waals surface area contributed by atoms with E-state index in [0.29, 0.717) is 12.0 Å². The Bertz CT molecular complexity index is 339. The first kappa shape index (κ1) is 14.2. The van der Waals surface area contributed by atoms with Crippen molar-refractivity contribution in [3.63, 3.8) is 0 Å². The number of imidazole rings is 1. The highest BCUT2D eigenvalue weighted by Crippen LogP contribution is 2.17. The average molecular weight is 237 g/mol. The van der Waals surface area contributed by atoms with Crippen molar-refractivity contribution in [1.29, 1.82) is 0 Å². The van der Waals surface area contributed by atoms with E-state index in [9.17, 15) is 0 Å². The molecule has 0 spiro atoms. The third-order valence-corrected chi connectivity index (χ3v) is 3.45. The smallest absolute Gasteiger partial charge is 0.111 e. The molecule has 1 unspecified atom stereocenters. The summed E-state index contributed by atoms with van der Waals surface area (Å²) in [6.45, 7) is 14.3. The van der Waals surface area contributed by atoms with Gasteiger partial charge in [0.15, 0.2) is 0 Å². The monoisotopic (exact) mass is 237 g/mol. The first-order chi connectivity index (χ1) is 7.87. The van der Waals surface area contributed by atoms with Crippen molar-refractivity contribution >= 4 is 0 Å². The van der Waals surface area contributed by atoms with Crippen LogP contribution in [0.4, 0.5) is 0 Å². The molecule has 1 N–H and O–H groups in total. The van der Waals surface area contributed by atoms with Gasteiger partial charge >= 0.3 is 0 Å². The second kappa shape index (κ2) is 5.67. The van der Waals surface area contributed by atoms with Crippen LogP contribution < -0.4 is 5.32 Å². The molecule has 98 valence electrons. The minimum absolute atomic E-state index is 0.215. The van der Waals surface area contributed by atoms with Crippen LogP contribution >= 0.6 is 0 Å². The summed E-state index contributed by atoms with van der Waals surface area (Å²) in [4.78, 5) is 4.44. The van der Waals surface area contributed by atoms with Crippen molar-refractivity contribution in [3.8, 4) is 0 Å². The fourth-order valence-electron chi connectivity index (χ4n) is 1.79. The summed E-state index contributed by atoms with van der Waals surface area (Å²) in [5, 5.41) is 3.61. The summed E-state index contributed by atoms with van der Waals surface area (Å²) in [7, 11) is 0. The molecule has 0 bridgehead atoms. The van der Waals surface area contributed by atoms with E-state index in [2.05, 4.69) is 62.6 Å². The maximum atomic E-state index is 4.44. The topological polar surface area (TPSA) is 29.9 Å². The number of aromatic nitrogens is 2. The summed E-state index contributed by atoms with van der Waals surface area (Å²) in [6, 6.07) is 0.445. The quantitative estimate of drug-likeness (QED) is 0.822. The Balaban J connectivity index is 2.64. The molecule has 0 aliphatic carbocycles. The van der Waals surface area contributed by atoms with E-state index in [0.717, 1.165) is 13.0 Å². The Morgan fingerprint density at radius 2 is 2.00 bits per heavy atom. The Labute approximate surface area is 106 Å². The predicted molar refractivity (Wildman–Crippen MR) is 73.4 cm³/mol. The number of rotatable bonds is 6. The van der Waals surface area contributed by atoms with Gasteiger partial charge in [-0.1, -0.05) is 20.8 Å². The van der Waals surface area contributed by atoms with Gasteiger partial charge in [-0.25, -0.2) is 4.98 Å². The van der Waals surface area contributed by atoms with E-state index in [-0.39, 0.29) is 5.54 Å². The zero-order valence-electron chi connectivity index (χ0n) is 12.1. The molecule has 0 aromatic carbocycles.